The lowest BCUT2D eigenvalue weighted by Gasteiger charge is -2.34. The molecule has 2 rings (SSSR count). The van der Waals surface area contributed by atoms with E-state index in [4.69, 9.17) is 0 Å². The molecule has 1 aliphatic carbocycles. The molecule has 1 aromatic carbocycles. The van der Waals surface area contributed by atoms with E-state index in [1.165, 1.54) is 49.0 Å². The van der Waals surface area contributed by atoms with Crippen LogP contribution >= 0.6 is 0 Å². The molecular formula is C19H32N2. The van der Waals surface area contributed by atoms with Crippen LogP contribution in [0.2, 0.25) is 0 Å². The van der Waals surface area contributed by atoms with Gasteiger partial charge in [0.25, 0.3) is 0 Å². The van der Waals surface area contributed by atoms with E-state index in [1.807, 2.05) is 0 Å². The maximum Gasteiger partial charge on any atom is 0.0398 e. The Labute approximate surface area is 130 Å². The largest absolute Gasteiger partial charge is 0.368 e. The van der Waals surface area contributed by atoms with E-state index in [0.29, 0.717) is 5.92 Å². The molecule has 0 saturated heterocycles. The summed E-state index contributed by atoms with van der Waals surface area (Å²) in [6.45, 7) is 12.3. The summed E-state index contributed by atoms with van der Waals surface area (Å²) in [4.78, 5) is 2.68. The Kier molecular flexibility index (Phi) is 6.10. The van der Waals surface area contributed by atoms with Gasteiger partial charge in [-0.05, 0) is 49.4 Å². The summed E-state index contributed by atoms with van der Waals surface area (Å²) in [5, 5.41) is 3.41. The van der Waals surface area contributed by atoms with Gasteiger partial charge in [-0.15, -0.1) is 0 Å². The zero-order valence-corrected chi connectivity index (χ0v) is 14.3. The van der Waals surface area contributed by atoms with Crippen molar-refractivity contribution in [2.75, 3.05) is 18.0 Å². The van der Waals surface area contributed by atoms with Gasteiger partial charge >= 0.3 is 0 Å². The van der Waals surface area contributed by atoms with Crippen LogP contribution in [0.4, 0.5) is 5.69 Å². The number of anilines is 1. The van der Waals surface area contributed by atoms with Crippen molar-refractivity contribution in [3.63, 3.8) is 0 Å². The molecule has 1 saturated carbocycles. The highest BCUT2D eigenvalue weighted by Gasteiger charge is 2.24. The first kappa shape index (κ1) is 16.4. The number of rotatable bonds is 7. The van der Waals surface area contributed by atoms with Gasteiger partial charge < -0.3 is 10.2 Å². The van der Waals surface area contributed by atoms with Gasteiger partial charge in [-0.1, -0.05) is 45.7 Å². The Bertz CT molecular complexity index is 433. The highest BCUT2D eigenvalue weighted by Crippen LogP contribution is 2.31. The van der Waals surface area contributed by atoms with E-state index in [9.17, 15) is 0 Å². The second-order valence-corrected chi connectivity index (χ2v) is 6.89. The molecule has 2 heteroatoms. The van der Waals surface area contributed by atoms with Crippen molar-refractivity contribution in [1.82, 2.24) is 5.32 Å². The Morgan fingerprint density at radius 3 is 2.52 bits per heavy atom. The lowest BCUT2D eigenvalue weighted by atomic mass is 10.0. The number of hydrogen-bond donors (Lipinski definition) is 1. The second-order valence-electron chi connectivity index (χ2n) is 6.89. The number of hydrogen-bond acceptors (Lipinski definition) is 2. The quantitative estimate of drug-likeness (QED) is 0.794. The molecule has 1 fully saturated rings. The molecule has 1 aliphatic rings. The summed E-state index contributed by atoms with van der Waals surface area (Å²) >= 11 is 0. The van der Waals surface area contributed by atoms with E-state index in [1.54, 1.807) is 0 Å². The van der Waals surface area contributed by atoms with Gasteiger partial charge in [0.2, 0.25) is 0 Å². The van der Waals surface area contributed by atoms with E-state index in [0.717, 1.165) is 19.1 Å². The summed E-state index contributed by atoms with van der Waals surface area (Å²) < 4.78 is 0. The molecule has 0 spiro atoms. The van der Waals surface area contributed by atoms with Gasteiger partial charge in [0.05, 0.1) is 0 Å². The average Bonchev–Trinajstić information content (AvgIpc) is 2.97. The highest BCUT2D eigenvalue weighted by atomic mass is 15.2. The molecule has 1 N–H and O–H groups in total. The maximum absolute atomic E-state index is 3.41. The van der Waals surface area contributed by atoms with E-state index in [2.05, 4.69) is 56.1 Å². The van der Waals surface area contributed by atoms with Gasteiger partial charge in [0.1, 0.15) is 0 Å². The van der Waals surface area contributed by atoms with Crippen LogP contribution in [-0.2, 0) is 6.54 Å². The summed E-state index contributed by atoms with van der Waals surface area (Å²) in [6.07, 6.45) is 5.53. The van der Waals surface area contributed by atoms with Crippen molar-refractivity contribution in [2.45, 2.75) is 66.0 Å². The van der Waals surface area contributed by atoms with Crippen LogP contribution in [0.25, 0.3) is 0 Å². The monoisotopic (exact) mass is 288 g/mol. The predicted molar refractivity (Wildman–Crippen MR) is 93.0 cm³/mol. The summed E-state index contributed by atoms with van der Waals surface area (Å²) in [6, 6.07) is 7.77. The molecule has 2 nitrogen and oxygen atoms in total. The van der Waals surface area contributed by atoms with Crippen LogP contribution < -0.4 is 10.2 Å². The highest BCUT2D eigenvalue weighted by molar-refractivity contribution is 5.55. The molecule has 0 heterocycles. The molecule has 0 aliphatic heterocycles. The molecule has 21 heavy (non-hydrogen) atoms. The van der Waals surface area contributed by atoms with Gasteiger partial charge in [-0.3, -0.25) is 0 Å². The third kappa shape index (κ3) is 4.47. The number of aryl methyl sites for hydroxylation is 1. The lowest BCUT2D eigenvalue weighted by molar-refractivity contribution is 0.535. The molecule has 0 unspecified atom stereocenters. The van der Waals surface area contributed by atoms with Gasteiger partial charge in [0, 0.05) is 24.8 Å². The van der Waals surface area contributed by atoms with Crippen molar-refractivity contribution in [3.05, 3.63) is 29.3 Å². The number of benzene rings is 1. The number of nitrogens with one attached hydrogen (secondary N) is 1. The zero-order valence-electron chi connectivity index (χ0n) is 14.3. The van der Waals surface area contributed by atoms with Crippen LogP contribution in [0.3, 0.4) is 0 Å². The van der Waals surface area contributed by atoms with Crippen molar-refractivity contribution in [1.29, 1.82) is 0 Å². The van der Waals surface area contributed by atoms with Crippen molar-refractivity contribution in [3.8, 4) is 0 Å². The topological polar surface area (TPSA) is 15.3 Å². The fourth-order valence-corrected chi connectivity index (χ4v) is 3.47. The van der Waals surface area contributed by atoms with Crippen LogP contribution in [0.1, 0.15) is 57.6 Å². The molecule has 118 valence electrons. The number of nitrogens with zero attached hydrogens (tertiary/aromatic N) is 1. The maximum atomic E-state index is 3.41. The van der Waals surface area contributed by atoms with Crippen LogP contribution in [0.15, 0.2) is 18.2 Å². The predicted octanol–water partition coefficient (Wildman–Crippen LogP) is 4.51. The van der Waals surface area contributed by atoms with E-state index >= 15 is 0 Å². The Balaban J connectivity index is 2.18. The minimum absolute atomic E-state index is 0.714. The Morgan fingerprint density at radius 2 is 1.95 bits per heavy atom. The van der Waals surface area contributed by atoms with Crippen LogP contribution in [0, 0.1) is 12.8 Å². The van der Waals surface area contributed by atoms with Crippen molar-refractivity contribution >= 4 is 5.69 Å². The second kappa shape index (κ2) is 7.84. The Morgan fingerprint density at radius 1 is 1.24 bits per heavy atom. The van der Waals surface area contributed by atoms with Gasteiger partial charge in [0.15, 0.2) is 0 Å². The van der Waals surface area contributed by atoms with Gasteiger partial charge in [-0.25, -0.2) is 0 Å². The standard InChI is InChI=1S/C19H32N2/c1-5-20-13-17-10-11-19(16(4)12-17)21(14-15(2)3)18-8-6-7-9-18/h10-12,15,18,20H,5-9,13-14H2,1-4H3. The lowest BCUT2D eigenvalue weighted by Crippen LogP contribution is -2.36. The normalized spacial score (nSPS) is 15.9. The molecule has 0 aromatic heterocycles. The van der Waals surface area contributed by atoms with Crippen molar-refractivity contribution in [2.24, 2.45) is 5.92 Å². The van der Waals surface area contributed by atoms with Crippen molar-refractivity contribution < 1.29 is 0 Å². The molecule has 1 aromatic rings. The molecule has 0 amide bonds. The first-order valence-corrected chi connectivity index (χ1v) is 8.68. The van der Waals surface area contributed by atoms with E-state index < -0.39 is 0 Å². The van der Waals surface area contributed by atoms with Crippen LogP contribution in [-0.4, -0.2) is 19.1 Å². The minimum Gasteiger partial charge on any atom is -0.368 e. The first-order valence-electron chi connectivity index (χ1n) is 8.68. The van der Waals surface area contributed by atoms with Gasteiger partial charge in [-0.2, -0.15) is 0 Å². The minimum atomic E-state index is 0.714. The van der Waals surface area contributed by atoms with E-state index in [-0.39, 0.29) is 0 Å². The molecular weight excluding hydrogens is 256 g/mol. The molecule has 0 bridgehead atoms. The first-order chi connectivity index (χ1) is 10.1. The smallest absolute Gasteiger partial charge is 0.0398 e. The third-order valence-corrected chi connectivity index (χ3v) is 4.48. The fraction of sp³-hybridized carbons (Fsp3) is 0.684. The Hall–Kier alpha value is -1.02. The SMILES string of the molecule is CCNCc1ccc(N(CC(C)C)C2CCCC2)c(C)c1. The molecule has 0 radical (unpaired) electrons. The average molecular weight is 288 g/mol. The summed E-state index contributed by atoms with van der Waals surface area (Å²) in [5.74, 6) is 0.714. The zero-order chi connectivity index (χ0) is 15.2. The summed E-state index contributed by atoms with van der Waals surface area (Å²) in [7, 11) is 0. The third-order valence-electron chi connectivity index (χ3n) is 4.48. The molecule has 0 atom stereocenters. The fourth-order valence-electron chi connectivity index (χ4n) is 3.47. The summed E-state index contributed by atoms with van der Waals surface area (Å²) in [5.41, 5.74) is 4.28. The van der Waals surface area contributed by atoms with Crippen LogP contribution in [0.5, 0.6) is 0 Å².